The van der Waals surface area contributed by atoms with E-state index in [9.17, 15) is 4.79 Å². The Morgan fingerprint density at radius 1 is 1.06 bits per heavy atom. The molecular formula is C15H14ClNO. The minimum Gasteiger partial charge on any atom is -0.322 e. The largest absolute Gasteiger partial charge is 0.322 e. The molecule has 0 aliphatic rings. The van der Waals surface area contributed by atoms with Crippen molar-refractivity contribution < 1.29 is 4.79 Å². The van der Waals surface area contributed by atoms with E-state index < -0.39 is 0 Å². The van der Waals surface area contributed by atoms with Crippen LogP contribution in [0.3, 0.4) is 0 Å². The van der Waals surface area contributed by atoms with Crippen LogP contribution in [-0.4, -0.2) is 5.91 Å². The number of anilines is 1. The van der Waals surface area contributed by atoms with Gasteiger partial charge in [0, 0.05) is 16.3 Å². The summed E-state index contributed by atoms with van der Waals surface area (Å²) < 4.78 is 0. The van der Waals surface area contributed by atoms with Gasteiger partial charge in [0.15, 0.2) is 0 Å². The van der Waals surface area contributed by atoms with Crippen molar-refractivity contribution in [1.82, 2.24) is 0 Å². The molecule has 2 aromatic rings. The fourth-order valence-corrected chi connectivity index (χ4v) is 1.80. The molecule has 1 amide bonds. The third kappa shape index (κ3) is 2.90. The number of nitrogens with one attached hydrogen (secondary N) is 1. The molecular weight excluding hydrogens is 246 g/mol. The van der Waals surface area contributed by atoms with Crippen LogP contribution in [0.25, 0.3) is 0 Å². The van der Waals surface area contributed by atoms with Gasteiger partial charge in [0.25, 0.3) is 5.91 Å². The van der Waals surface area contributed by atoms with Gasteiger partial charge < -0.3 is 5.32 Å². The Hall–Kier alpha value is -1.80. The summed E-state index contributed by atoms with van der Waals surface area (Å²) >= 11 is 5.92. The second-order valence-corrected chi connectivity index (χ2v) is 4.72. The van der Waals surface area contributed by atoms with Crippen molar-refractivity contribution in [3.05, 3.63) is 64.2 Å². The highest BCUT2D eigenvalue weighted by Gasteiger charge is 2.07. The average molecular weight is 260 g/mol. The molecule has 0 saturated heterocycles. The second kappa shape index (κ2) is 5.23. The molecule has 0 atom stereocenters. The summed E-state index contributed by atoms with van der Waals surface area (Å²) in [5.41, 5.74) is 3.50. The van der Waals surface area contributed by atoms with Gasteiger partial charge in [-0.2, -0.15) is 0 Å². The average Bonchev–Trinajstić information content (AvgIpc) is 2.34. The summed E-state index contributed by atoms with van der Waals surface area (Å²) in [6.45, 7) is 3.92. The van der Waals surface area contributed by atoms with Crippen molar-refractivity contribution in [2.24, 2.45) is 0 Å². The lowest BCUT2D eigenvalue weighted by atomic mass is 10.1. The number of carbonyl (C=O) groups is 1. The lowest BCUT2D eigenvalue weighted by Gasteiger charge is -2.09. The normalized spacial score (nSPS) is 10.2. The van der Waals surface area contributed by atoms with E-state index in [0.29, 0.717) is 10.6 Å². The highest BCUT2D eigenvalue weighted by atomic mass is 35.5. The molecule has 0 fully saturated rings. The van der Waals surface area contributed by atoms with E-state index in [4.69, 9.17) is 11.6 Å². The molecule has 0 spiro atoms. The van der Waals surface area contributed by atoms with Gasteiger partial charge in [-0.25, -0.2) is 0 Å². The van der Waals surface area contributed by atoms with Crippen LogP contribution in [-0.2, 0) is 0 Å². The Bertz CT molecular complexity index is 576. The van der Waals surface area contributed by atoms with Crippen molar-refractivity contribution in [1.29, 1.82) is 0 Å². The minimum absolute atomic E-state index is 0.125. The fraction of sp³-hybridized carbons (Fsp3) is 0.133. The lowest BCUT2D eigenvalue weighted by molar-refractivity contribution is 0.102. The molecule has 0 saturated carbocycles. The Kier molecular flexibility index (Phi) is 3.68. The van der Waals surface area contributed by atoms with Crippen LogP contribution in [0.2, 0.25) is 5.02 Å². The van der Waals surface area contributed by atoms with Gasteiger partial charge in [0.05, 0.1) is 0 Å². The highest BCUT2D eigenvalue weighted by Crippen LogP contribution is 2.20. The van der Waals surface area contributed by atoms with Crippen LogP contribution in [0.15, 0.2) is 42.5 Å². The Labute approximate surface area is 112 Å². The van der Waals surface area contributed by atoms with Gasteiger partial charge in [-0.3, -0.25) is 4.79 Å². The van der Waals surface area contributed by atoms with E-state index in [2.05, 4.69) is 5.32 Å². The molecule has 92 valence electrons. The maximum absolute atomic E-state index is 12.0. The van der Waals surface area contributed by atoms with Gasteiger partial charge in [0.1, 0.15) is 0 Å². The number of carbonyl (C=O) groups excluding carboxylic acids is 1. The first-order valence-electron chi connectivity index (χ1n) is 5.70. The van der Waals surface area contributed by atoms with Gasteiger partial charge in [-0.1, -0.05) is 35.4 Å². The van der Waals surface area contributed by atoms with Gasteiger partial charge >= 0.3 is 0 Å². The van der Waals surface area contributed by atoms with Crippen LogP contribution in [0.5, 0.6) is 0 Å². The summed E-state index contributed by atoms with van der Waals surface area (Å²) in [5.74, 6) is -0.125. The highest BCUT2D eigenvalue weighted by molar-refractivity contribution is 6.31. The van der Waals surface area contributed by atoms with E-state index in [-0.39, 0.29) is 5.91 Å². The summed E-state index contributed by atoms with van der Waals surface area (Å²) in [4.78, 5) is 12.0. The first-order valence-corrected chi connectivity index (χ1v) is 6.08. The smallest absolute Gasteiger partial charge is 0.255 e. The van der Waals surface area contributed by atoms with Crippen LogP contribution < -0.4 is 5.32 Å². The summed E-state index contributed by atoms with van der Waals surface area (Å²) in [6.07, 6.45) is 0. The number of rotatable bonds is 2. The van der Waals surface area contributed by atoms with Crippen molar-refractivity contribution >= 4 is 23.2 Å². The van der Waals surface area contributed by atoms with Crippen LogP contribution in [0, 0.1) is 13.8 Å². The van der Waals surface area contributed by atoms with Crippen molar-refractivity contribution in [2.45, 2.75) is 13.8 Å². The minimum atomic E-state index is -0.125. The fourth-order valence-electron chi connectivity index (χ4n) is 1.63. The number of hydrogen-bond acceptors (Lipinski definition) is 1. The molecule has 0 radical (unpaired) electrons. The molecule has 0 unspecified atom stereocenters. The van der Waals surface area contributed by atoms with Crippen LogP contribution in [0.1, 0.15) is 21.5 Å². The predicted molar refractivity (Wildman–Crippen MR) is 75.3 cm³/mol. The van der Waals surface area contributed by atoms with Crippen molar-refractivity contribution in [2.75, 3.05) is 5.32 Å². The second-order valence-electron chi connectivity index (χ2n) is 4.28. The number of aryl methyl sites for hydroxylation is 2. The maximum atomic E-state index is 12.0. The molecule has 0 aromatic heterocycles. The molecule has 1 N–H and O–H groups in total. The first-order chi connectivity index (χ1) is 8.56. The zero-order valence-electron chi connectivity index (χ0n) is 10.3. The molecule has 3 heteroatoms. The SMILES string of the molecule is Cc1ccc(C(=O)Nc2cc(Cl)ccc2C)cc1. The molecule has 2 nitrogen and oxygen atoms in total. The molecule has 0 heterocycles. The quantitative estimate of drug-likeness (QED) is 0.860. The third-order valence-electron chi connectivity index (χ3n) is 2.76. The predicted octanol–water partition coefficient (Wildman–Crippen LogP) is 4.21. The van der Waals surface area contributed by atoms with E-state index in [1.165, 1.54) is 0 Å². The molecule has 0 bridgehead atoms. The molecule has 2 rings (SSSR count). The number of amides is 1. The van der Waals surface area contributed by atoms with Crippen LogP contribution in [0.4, 0.5) is 5.69 Å². The molecule has 18 heavy (non-hydrogen) atoms. The topological polar surface area (TPSA) is 29.1 Å². The van der Waals surface area contributed by atoms with Crippen molar-refractivity contribution in [3.8, 4) is 0 Å². The van der Waals surface area contributed by atoms with E-state index in [1.807, 2.05) is 44.2 Å². The number of hydrogen-bond donors (Lipinski definition) is 1. The number of benzene rings is 2. The Morgan fingerprint density at radius 2 is 1.72 bits per heavy atom. The lowest BCUT2D eigenvalue weighted by Crippen LogP contribution is -2.12. The zero-order chi connectivity index (χ0) is 13.1. The van der Waals surface area contributed by atoms with E-state index in [0.717, 1.165) is 16.8 Å². The number of halogens is 1. The molecule has 2 aromatic carbocycles. The monoisotopic (exact) mass is 259 g/mol. The van der Waals surface area contributed by atoms with Gasteiger partial charge in [-0.05, 0) is 43.7 Å². The molecule has 0 aliphatic carbocycles. The molecule has 0 aliphatic heterocycles. The Balaban J connectivity index is 2.21. The van der Waals surface area contributed by atoms with E-state index >= 15 is 0 Å². The maximum Gasteiger partial charge on any atom is 0.255 e. The van der Waals surface area contributed by atoms with Crippen LogP contribution >= 0.6 is 11.6 Å². The first kappa shape index (κ1) is 12.7. The zero-order valence-corrected chi connectivity index (χ0v) is 11.1. The van der Waals surface area contributed by atoms with Gasteiger partial charge in [-0.15, -0.1) is 0 Å². The van der Waals surface area contributed by atoms with Crippen molar-refractivity contribution in [3.63, 3.8) is 0 Å². The third-order valence-corrected chi connectivity index (χ3v) is 3.00. The summed E-state index contributed by atoms with van der Waals surface area (Å²) in [6, 6.07) is 12.9. The van der Waals surface area contributed by atoms with E-state index in [1.54, 1.807) is 12.1 Å². The Morgan fingerprint density at radius 3 is 2.39 bits per heavy atom. The summed E-state index contributed by atoms with van der Waals surface area (Å²) in [7, 11) is 0. The standard InChI is InChI=1S/C15H14ClNO/c1-10-3-6-12(7-4-10)15(18)17-14-9-13(16)8-5-11(14)2/h3-9H,1-2H3,(H,17,18). The van der Waals surface area contributed by atoms with Gasteiger partial charge in [0.2, 0.25) is 0 Å². The summed E-state index contributed by atoms with van der Waals surface area (Å²) in [5, 5.41) is 3.47.